The predicted octanol–water partition coefficient (Wildman–Crippen LogP) is 2.05. The van der Waals surface area contributed by atoms with E-state index in [4.69, 9.17) is 14.5 Å². The molecule has 0 aromatic carbocycles. The lowest BCUT2D eigenvalue weighted by atomic mass is 9.95. The molecule has 0 radical (unpaired) electrons. The maximum absolute atomic E-state index is 5.89. The van der Waals surface area contributed by atoms with Crippen LogP contribution < -0.4 is 5.32 Å². The van der Waals surface area contributed by atoms with Crippen molar-refractivity contribution in [2.24, 2.45) is 0 Å². The van der Waals surface area contributed by atoms with Gasteiger partial charge in [-0.25, -0.2) is 9.97 Å². The highest BCUT2D eigenvalue weighted by Crippen LogP contribution is 2.22. The van der Waals surface area contributed by atoms with Gasteiger partial charge in [-0.15, -0.1) is 0 Å². The minimum Gasteiger partial charge on any atom is -0.378 e. The van der Waals surface area contributed by atoms with Gasteiger partial charge in [-0.05, 0) is 14.0 Å². The average molecular weight is 322 g/mol. The second-order valence-electron chi connectivity index (χ2n) is 7.36. The van der Waals surface area contributed by atoms with Gasteiger partial charge in [-0.1, -0.05) is 20.8 Å². The average Bonchev–Trinajstić information content (AvgIpc) is 2.46. The molecule has 2 heterocycles. The molecular formula is C17H30N4O2. The summed E-state index contributed by atoms with van der Waals surface area (Å²) in [5.41, 5.74) is 0.786. The number of anilines is 1. The Morgan fingerprint density at radius 1 is 1.43 bits per heavy atom. The lowest BCUT2D eigenvalue weighted by Gasteiger charge is -2.34. The van der Waals surface area contributed by atoms with E-state index in [1.165, 1.54) is 0 Å². The number of nitrogens with one attached hydrogen (secondary N) is 1. The zero-order valence-electron chi connectivity index (χ0n) is 15.2. The van der Waals surface area contributed by atoms with Gasteiger partial charge in [0, 0.05) is 31.7 Å². The number of methoxy groups -OCH3 is 1. The van der Waals surface area contributed by atoms with Gasteiger partial charge in [0.05, 0.1) is 31.1 Å². The number of hydrogen-bond donors (Lipinski definition) is 1. The SMILES string of the molecule is COCc1cc(N[C@H](C)[C@H]2CN(C)CCO2)nc(C(C)(C)C)n1. The number of aromatic nitrogens is 2. The van der Waals surface area contributed by atoms with Crippen molar-refractivity contribution in [3.05, 3.63) is 17.6 Å². The maximum Gasteiger partial charge on any atom is 0.136 e. The quantitative estimate of drug-likeness (QED) is 0.895. The largest absolute Gasteiger partial charge is 0.378 e. The smallest absolute Gasteiger partial charge is 0.136 e. The van der Waals surface area contributed by atoms with Crippen LogP contribution in [-0.4, -0.2) is 60.9 Å². The van der Waals surface area contributed by atoms with Crippen molar-refractivity contribution in [3.63, 3.8) is 0 Å². The van der Waals surface area contributed by atoms with Crippen LogP contribution in [-0.2, 0) is 21.5 Å². The molecule has 6 heteroatoms. The Kier molecular flexibility index (Phi) is 5.95. The Morgan fingerprint density at radius 3 is 2.78 bits per heavy atom. The summed E-state index contributed by atoms with van der Waals surface area (Å²) in [6, 6.07) is 2.14. The van der Waals surface area contributed by atoms with Crippen LogP contribution in [0.5, 0.6) is 0 Å². The lowest BCUT2D eigenvalue weighted by molar-refractivity contribution is -0.0260. The normalized spacial score (nSPS) is 21.2. The Balaban J connectivity index is 2.15. The van der Waals surface area contributed by atoms with Gasteiger partial charge in [-0.3, -0.25) is 0 Å². The van der Waals surface area contributed by atoms with E-state index in [1.54, 1.807) is 7.11 Å². The van der Waals surface area contributed by atoms with Crippen molar-refractivity contribution < 1.29 is 9.47 Å². The molecule has 0 unspecified atom stereocenters. The first-order valence-corrected chi connectivity index (χ1v) is 8.23. The molecule has 1 N–H and O–H groups in total. The van der Waals surface area contributed by atoms with Crippen molar-refractivity contribution in [3.8, 4) is 0 Å². The summed E-state index contributed by atoms with van der Waals surface area (Å²) in [7, 11) is 3.81. The maximum atomic E-state index is 5.89. The molecule has 0 bridgehead atoms. The summed E-state index contributed by atoms with van der Waals surface area (Å²) in [5, 5.41) is 3.49. The molecule has 2 rings (SSSR count). The van der Waals surface area contributed by atoms with Gasteiger partial charge >= 0.3 is 0 Å². The van der Waals surface area contributed by atoms with Crippen molar-refractivity contribution in [2.75, 3.05) is 39.2 Å². The van der Waals surface area contributed by atoms with Gasteiger partial charge in [0.1, 0.15) is 11.6 Å². The van der Waals surface area contributed by atoms with Gasteiger partial charge in [0.15, 0.2) is 0 Å². The summed E-state index contributed by atoms with van der Waals surface area (Å²) in [5.74, 6) is 1.66. The highest BCUT2D eigenvalue weighted by molar-refractivity contribution is 5.38. The number of rotatable bonds is 5. The number of likely N-dealkylation sites (N-methyl/N-ethyl adjacent to an activating group) is 1. The third-order valence-electron chi connectivity index (χ3n) is 3.97. The van der Waals surface area contributed by atoms with E-state index in [0.717, 1.165) is 37.0 Å². The zero-order valence-corrected chi connectivity index (χ0v) is 15.2. The first-order chi connectivity index (χ1) is 10.8. The minimum atomic E-state index is -0.106. The Morgan fingerprint density at radius 2 is 2.17 bits per heavy atom. The molecule has 2 atom stereocenters. The molecule has 1 aromatic rings. The van der Waals surface area contributed by atoms with Crippen molar-refractivity contribution >= 4 is 5.82 Å². The third-order valence-corrected chi connectivity index (χ3v) is 3.97. The first kappa shape index (κ1) is 18.1. The molecule has 1 aliphatic rings. The van der Waals surface area contributed by atoms with Crippen molar-refractivity contribution in [2.45, 2.75) is 51.9 Å². The summed E-state index contributed by atoms with van der Waals surface area (Å²) < 4.78 is 11.1. The van der Waals surface area contributed by atoms with Gasteiger partial charge in [0.25, 0.3) is 0 Å². The van der Waals surface area contributed by atoms with Crippen LogP contribution in [0.25, 0.3) is 0 Å². The highest BCUT2D eigenvalue weighted by atomic mass is 16.5. The third kappa shape index (κ3) is 5.12. The van der Waals surface area contributed by atoms with Crippen LogP contribution in [0.4, 0.5) is 5.82 Å². The lowest BCUT2D eigenvalue weighted by Crippen LogP contribution is -2.47. The molecule has 0 spiro atoms. The fourth-order valence-electron chi connectivity index (χ4n) is 2.57. The molecule has 0 aliphatic carbocycles. The number of morpholine rings is 1. The molecule has 130 valence electrons. The van der Waals surface area contributed by atoms with E-state index in [9.17, 15) is 0 Å². The summed E-state index contributed by atoms with van der Waals surface area (Å²) in [6.07, 6.45) is 0.160. The molecule has 6 nitrogen and oxygen atoms in total. The fraction of sp³-hybridized carbons (Fsp3) is 0.765. The van der Waals surface area contributed by atoms with E-state index in [-0.39, 0.29) is 17.6 Å². The number of hydrogen-bond acceptors (Lipinski definition) is 6. The Hall–Kier alpha value is -1.24. The fourth-order valence-corrected chi connectivity index (χ4v) is 2.57. The first-order valence-electron chi connectivity index (χ1n) is 8.23. The second kappa shape index (κ2) is 7.55. The van der Waals surface area contributed by atoms with Gasteiger partial charge in [0.2, 0.25) is 0 Å². The summed E-state index contributed by atoms with van der Waals surface area (Å²) in [4.78, 5) is 11.6. The van der Waals surface area contributed by atoms with Crippen molar-refractivity contribution in [1.29, 1.82) is 0 Å². The van der Waals surface area contributed by atoms with Crippen molar-refractivity contribution in [1.82, 2.24) is 14.9 Å². The van der Waals surface area contributed by atoms with Crippen LogP contribution in [0.3, 0.4) is 0 Å². The topological polar surface area (TPSA) is 59.5 Å². The van der Waals surface area contributed by atoms with Gasteiger partial charge < -0.3 is 19.7 Å². The second-order valence-corrected chi connectivity index (χ2v) is 7.36. The van der Waals surface area contributed by atoms with E-state index in [1.807, 2.05) is 6.07 Å². The minimum absolute atomic E-state index is 0.106. The molecule has 1 fully saturated rings. The van der Waals surface area contributed by atoms with Gasteiger partial charge in [-0.2, -0.15) is 0 Å². The molecular weight excluding hydrogens is 292 g/mol. The Labute approximate surface area is 139 Å². The predicted molar refractivity (Wildman–Crippen MR) is 91.8 cm³/mol. The Bertz CT molecular complexity index is 516. The molecule has 1 aromatic heterocycles. The molecule has 0 amide bonds. The number of ether oxygens (including phenoxy) is 2. The molecule has 0 saturated carbocycles. The molecule has 1 saturated heterocycles. The van der Waals surface area contributed by atoms with Crippen LogP contribution in [0, 0.1) is 0 Å². The van der Waals surface area contributed by atoms with E-state index in [0.29, 0.717) is 6.61 Å². The molecule has 23 heavy (non-hydrogen) atoms. The van der Waals surface area contributed by atoms with E-state index in [2.05, 4.69) is 49.9 Å². The van der Waals surface area contributed by atoms with E-state index >= 15 is 0 Å². The van der Waals surface area contributed by atoms with Crippen LogP contribution in [0.2, 0.25) is 0 Å². The summed E-state index contributed by atoms with van der Waals surface area (Å²) >= 11 is 0. The van der Waals surface area contributed by atoms with Crippen LogP contribution in [0.15, 0.2) is 6.07 Å². The highest BCUT2D eigenvalue weighted by Gasteiger charge is 2.25. The van der Waals surface area contributed by atoms with Crippen LogP contribution >= 0.6 is 0 Å². The zero-order chi connectivity index (χ0) is 17.0. The van der Waals surface area contributed by atoms with Crippen LogP contribution in [0.1, 0.15) is 39.2 Å². The molecule has 1 aliphatic heterocycles. The number of nitrogens with zero attached hydrogens (tertiary/aromatic N) is 3. The summed E-state index contributed by atoms with van der Waals surface area (Å²) in [6.45, 7) is 11.7. The van der Waals surface area contributed by atoms with E-state index < -0.39 is 0 Å². The standard InChI is InChI=1S/C17H30N4O2/c1-12(14-10-21(5)7-8-23-14)18-15-9-13(11-22-6)19-16(20-15)17(2,3)4/h9,12,14H,7-8,10-11H2,1-6H3,(H,18,19,20)/t12-,14-/m1/s1. The monoisotopic (exact) mass is 322 g/mol.